The standard InChI is InChI=1S/C26H23N3O3/c1-31-24-11-8-21(9-12-24)25-14-15-27-17-22(25)7-10-23(30)16-20-4-2-19(3-5-20)6-13-26-29-28-18-32-26/h2-5,7-12,14-15,17-18H,6,13,16H2,1H3/b10-7+. The van der Waals surface area contributed by atoms with E-state index in [0.717, 1.165) is 40.0 Å². The highest BCUT2D eigenvalue weighted by Crippen LogP contribution is 2.26. The van der Waals surface area contributed by atoms with Gasteiger partial charge in [-0.25, -0.2) is 0 Å². The number of methoxy groups -OCH3 is 1. The average molecular weight is 425 g/mol. The maximum atomic E-state index is 12.5. The molecule has 2 heterocycles. The molecule has 2 aromatic heterocycles. The van der Waals surface area contributed by atoms with Gasteiger partial charge in [0.1, 0.15) is 5.75 Å². The van der Waals surface area contributed by atoms with E-state index in [1.165, 1.54) is 6.39 Å². The molecule has 0 aliphatic heterocycles. The van der Waals surface area contributed by atoms with Gasteiger partial charge < -0.3 is 9.15 Å². The number of pyridine rings is 1. The number of aromatic nitrogens is 3. The quantitative estimate of drug-likeness (QED) is 0.360. The number of benzene rings is 2. The van der Waals surface area contributed by atoms with E-state index in [-0.39, 0.29) is 5.78 Å². The van der Waals surface area contributed by atoms with Crippen molar-refractivity contribution in [3.8, 4) is 16.9 Å². The normalized spacial score (nSPS) is 11.0. The van der Waals surface area contributed by atoms with Gasteiger partial charge in [0.2, 0.25) is 12.3 Å². The van der Waals surface area contributed by atoms with Gasteiger partial charge in [0.15, 0.2) is 5.78 Å². The van der Waals surface area contributed by atoms with Crippen molar-refractivity contribution in [1.29, 1.82) is 0 Å². The lowest BCUT2D eigenvalue weighted by molar-refractivity contribution is -0.113. The van der Waals surface area contributed by atoms with Crippen molar-refractivity contribution < 1.29 is 13.9 Å². The molecule has 0 unspecified atom stereocenters. The molecule has 4 aromatic rings. The summed E-state index contributed by atoms with van der Waals surface area (Å²) in [6.07, 6.45) is 10.1. The first-order valence-electron chi connectivity index (χ1n) is 10.3. The highest BCUT2D eigenvalue weighted by Gasteiger charge is 2.06. The zero-order chi connectivity index (χ0) is 22.2. The number of ether oxygens (including phenoxy) is 1. The number of ketones is 1. The van der Waals surface area contributed by atoms with E-state index in [2.05, 4.69) is 15.2 Å². The van der Waals surface area contributed by atoms with Gasteiger partial charge in [-0.2, -0.15) is 0 Å². The maximum absolute atomic E-state index is 12.5. The molecule has 2 aromatic carbocycles. The molecule has 6 heteroatoms. The summed E-state index contributed by atoms with van der Waals surface area (Å²) in [5.74, 6) is 1.46. The highest BCUT2D eigenvalue weighted by atomic mass is 16.5. The molecule has 4 rings (SSSR count). The van der Waals surface area contributed by atoms with Crippen LogP contribution in [0.3, 0.4) is 0 Å². The van der Waals surface area contributed by atoms with Gasteiger partial charge in [-0.15, -0.1) is 10.2 Å². The molecule has 160 valence electrons. The van der Waals surface area contributed by atoms with Gasteiger partial charge in [-0.3, -0.25) is 9.78 Å². The molecule has 0 fully saturated rings. The van der Waals surface area contributed by atoms with Crippen molar-refractivity contribution in [3.05, 3.63) is 102 Å². The fourth-order valence-corrected chi connectivity index (χ4v) is 3.40. The Balaban J connectivity index is 1.38. The maximum Gasteiger partial charge on any atom is 0.216 e. The Morgan fingerprint density at radius 3 is 2.50 bits per heavy atom. The smallest absolute Gasteiger partial charge is 0.216 e. The lowest BCUT2D eigenvalue weighted by Gasteiger charge is -2.07. The summed E-state index contributed by atoms with van der Waals surface area (Å²) in [7, 11) is 1.64. The minimum Gasteiger partial charge on any atom is -0.497 e. The summed E-state index contributed by atoms with van der Waals surface area (Å²) < 4.78 is 10.4. The van der Waals surface area contributed by atoms with Crippen LogP contribution in [-0.2, 0) is 24.1 Å². The van der Waals surface area contributed by atoms with Gasteiger partial charge in [0, 0.05) is 30.8 Å². The number of carbonyl (C=O) groups is 1. The number of allylic oxidation sites excluding steroid dienone is 1. The number of hydrogen-bond donors (Lipinski definition) is 0. The number of carbonyl (C=O) groups excluding carboxylic acids is 1. The summed E-state index contributed by atoms with van der Waals surface area (Å²) in [5, 5.41) is 7.57. The number of aryl methyl sites for hydroxylation is 2. The third kappa shape index (κ3) is 5.55. The van der Waals surface area contributed by atoms with Crippen molar-refractivity contribution in [3.63, 3.8) is 0 Å². The van der Waals surface area contributed by atoms with E-state index in [1.54, 1.807) is 25.6 Å². The number of hydrogen-bond acceptors (Lipinski definition) is 6. The second-order valence-corrected chi connectivity index (χ2v) is 7.32. The van der Waals surface area contributed by atoms with Crippen LogP contribution in [0.1, 0.15) is 22.6 Å². The van der Waals surface area contributed by atoms with Crippen molar-refractivity contribution in [1.82, 2.24) is 15.2 Å². The molecule has 0 bridgehead atoms. The minimum atomic E-state index is 0.0353. The van der Waals surface area contributed by atoms with Crippen LogP contribution in [-0.4, -0.2) is 28.1 Å². The second kappa shape index (κ2) is 10.3. The molecule has 0 amide bonds. The number of nitrogens with zero attached hydrogens (tertiary/aromatic N) is 3. The predicted octanol–water partition coefficient (Wildman–Crippen LogP) is 4.75. The molecular weight excluding hydrogens is 402 g/mol. The van der Waals surface area contributed by atoms with Gasteiger partial charge in [-0.1, -0.05) is 36.4 Å². The van der Waals surface area contributed by atoms with Crippen molar-refractivity contribution in [2.75, 3.05) is 7.11 Å². The van der Waals surface area contributed by atoms with E-state index in [9.17, 15) is 4.79 Å². The molecule has 0 spiro atoms. The van der Waals surface area contributed by atoms with Crippen LogP contribution < -0.4 is 4.74 Å². The fraction of sp³-hybridized carbons (Fsp3) is 0.154. The summed E-state index contributed by atoms with van der Waals surface area (Å²) in [6.45, 7) is 0. The Kier molecular flexibility index (Phi) is 6.82. The second-order valence-electron chi connectivity index (χ2n) is 7.32. The SMILES string of the molecule is COc1ccc(-c2ccncc2/C=C/C(=O)Cc2ccc(CCc3nnco3)cc2)cc1. The van der Waals surface area contributed by atoms with E-state index in [4.69, 9.17) is 9.15 Å². The van der Waals surface area contributed by atoms with Crippen LogP contribution in [0.15, 0.2) is 83.9 Å². The Morgan fingerprint density at radius 2 is 1.78 bits per heavy atom. The molecule has 0 aliphatic rings. The topological polar surface area (TPSA) is 78.1 Å². The van der Waals surface area contributed by atoms with Crippen molar-refractivity contribution in [2.24, 2.45) is 0 Å². The van der Waals surface area contributed by atoms with E-state index in [0.29, 0.717) is 18.7 Å². The summed E-state index contributed by atoms with van der Waals surface area (Å²) in [5.41, 5.74) is 5.08. The van der Waals surface area contributed by atoms with E-state index in [1.807, 2.05) is 60.7 Å². The summed E-state index contributed by atoms with van der Waals surface area (Å²) >= 11 is 0. The first-order chi connectivity index (χ1) is 15.7. The summed E-state index contributed by atoms with van der Waals surface area (Å²) in [6, 6.07) is 17.8. The van der Waals surface area contributed by atoms with E-state index < -0.39 is 0 Å². The minimum absolute atomic E-state index is 0.0353. The Bertz CT molecular complexity index is 1180. The van der Waals surface area contributed by atoms with Gasteiger partial charge >= 0.3 is 0 Å². The zero-order valence-corrected chi connectivity index (χ0v) is 17.8. The Morgan fingerprint density at radius 1 is 1.00 bits per heavy atom. The monoisotopic (exact) mass is 425 g/mol. The number of rotatable bonds is 9. The molecular formula is C26H23N3O3. The summed E-state index contributed by atoms with van der Waals surface area (Å²) in [4.78, 5) is 16.7. The largest absolute Gasteiger partial charge is 0.497 e. The molecule has 6 nitrogen and oxygen atoms in total. The predicted molar refractivity (Wildman–Crippen MR) is 122 cm³/mol. The van der Waals surface area contributed by atoms with Crippen LogP contribution in [0.5, 0.6) is 5.75 Å². The molecule has 32 heavy (non-hydrogen) atoms. The van der Waals surface area contributed by atoms with Crippen LogP contribution in [0.25, 0.3) is 17.2 Å². The molecule has 0 aliphatic carbocycles. The van der Waals surface area contributed by atoms with Crippen LogP contribution >= 0.6 is 0 Å². The van der Waals surface area contributed by atoms with Gasteiger partial charge in [-0.05, 0) is 59.0 Å². The Labute approximate surface area is 186 Å². The third-order valence-corrected chi connectivity index (χ3v) is 5.14. The van der Waals surface area contributed by atoms with Gasteiger partial charge in [0.05, 0.1) is 7.11 Å². The van der Waals surface area contributed by atoms with Crippen molar-refractivity contribution >= 4 is 11.9 Å². The molecule has 0 saturated carbocycles. The first-order valence-corrected chi connectivity index (χ1v) is 10.3. The third-order valence-electron chi connectivity index (χ3n) is 5.14. The molecule has 0 N–H and O–H groups in total. The lowest BCUT2D eigenvalue weighted by atomic mass is 10.0. The Hall–Kier alpha value is -4.06. The van der Waals surface area contributed by atoms with Crippen LogP contribution in [0.2, 0.25) is 0 Å². The molecule has 0 saturated heterocycles. The van der Waals surface area contributed by atoms with Crippen LogP contribution in [0.4, 0.5) is 0 Å². The average Bonchev–Trinajstić information content (AvgIpc) is 3.36. The van der Waals surface area contributed by atoms with Crippen molar-refractivity contribution in [2.45, 2.75) is 19.3 Å². The highest BCUT2D eigenvalue weighted by molar-refractivity contribution is 5.96. The lowest BCUT2D eigenvalue weighted by Crippen LogP contribution is -1.99. The van der Waals surface area contributed by atoms with Crippen LogP contribution in [0, 0.1) is 0 Å². The molecule has 0 atom stereocenters. The van der Waals surface area contributed by atoms with E-state index >= 15 is 0 Å². The first kappa shape index (κ1) is 21.2. The van der Waals surface area contributed by atoms with Gasteiger partial charge in [0.25, 0.3) is 0 Å². The fourth-order valence-electron chi connectivity index (χ4n) is 3.40. The molecule has 0 radical (unpaired) electrons. The zero-order valence-electron chi connectivity index (χ0n) is 17.8.